The molecule has 16 heavy (non-hydrogen) atoms. The Morgan fingerprint density at radius 2 is 1.88 bits per heavy atom. The molecule has 0 unspecified atom stereocenters. The van der Waals surface area contributed by atoms with E-state index in [1.54, 1.807) is 12.1 Å². The fourth-order valence-electron chi connectivity index (χ4n) is 1.36. The van der Waals surface area contributed by atoms with Crippen molar-refractivity contribution in [1.82, 2.24) is 0 Å². The molecule has 5 nitrogen and oxygen atoms in total. The molecule has 0 N–H and O–H groups in total. The van der Waals surface area contributed by atoms with Crippen LogP contribution in [0.25, 0.3) is 10.4 Å². The van der Waals surface area contributed by atoms with E-state index in [0.29, 0.717) is 5.92 Å². The zero-order valence-electron chi connectivity index (χ0n) is 9.16. The first-order valence-corrected chi connectivity index (χ1v) is 6.30. The zero-order chi connectivity index (χ0) is 12.2. The van der Waals surface area contributed by atoms with Crippen molar-refractivity contribution in [3.63, 3.8) is 0 Å². The SMILES string of the molecule is CC(C)Cc1ccc(S(=O)(=O)N=[N+]=[N-])cc1. The molecule has 0 atom stereocenters. The summed E-state index contributed by atoms with van der Waals surface area (Å²) in [6.45, 7) is 4.18. The first-order chi connectivity index (χ1) is 7.45. The van der Waals surface area contributed by atoms with Gasteiger partial charge >= 0.3 is 0 Å². The number of nitrogens with zero attached hydrogens (tertiary/aromatic N) is 3. The summed E-state index contributed by atoms with van der Waals surface area (Å²) < 4.78 is 25.5. The average molecular weight is 239 g/mol. The van der Waals surface area contributed by atoms with E-state index in [1.807, 2.05) is 0 Å². The highest BCUT2D eigenvalue weighted by Crippen LogP contribution is 2.15. The molecule has 0 aliphatic carbocycles. The molecule has 0 bridgehead atoms. The van der Waals surface area contributed by atoms with Crippen LogP contribution in [0, 0.1) is 5.92 Å². The third-order valence-corrected chi connectivity index (χ3v) is 3.17. The number of hydrogen-bond acceptors (Lipinski definition) is 2. The van der Waals surface area contributed by atoms with Gasteiger partial charge in [-0.1, -0.05) is 26.0 Å². The van der Waals surface area contributed by atoms with Gasteiger partial charge in [-0.15, -0.1) is 0 Å². The lowest BCUT2D eigenvalue weighted by molar-refractivity contribution is 0.597. The van der Waals surface area contributed by atoms with Crippen LogP contribution in [0.1, 0.15) is 19.4 Å². The first-order valence-electron chi connectivity index (χ1n) is 4.86. The summed E-state index contributed by atoms with van der Waals surface area (Å²) in [6, 6.07) is 6.39. The normalized spacial score (nSPS) is 11.2. The fourth-order valence-corrected chi connectivity index (χ4v) is 2.03. The largest absolute Gasteiger partial charge is 0.264 e. The summed E-state index contributed by atoms with van der Waals surface area (Å²) in [5.74, 6) is 0.514. The van der Waals surface area contributed by atoms with Gasteiger partial charge in [0.05, 0.1) is 4.90 Å². The molecule has 0 aliphatic heterocycles. The minimum absolute atomic E-state index is 0.0257. The second-order valence-corrected chi connectivity index (χ2v) is 5.47. The molecule has 0 fully saturated rings. The molecule has 0 aliphatic rings. The van der Waals surface area contributed by atoms with Gasteiger partial charge in [0.25, 0.3) is 10.0 Å². The van der Waals surface area contributed by atoms with E-state index in [2.05, 4.69) is 23.3 Å². The number of benzene rings is 1. The Balaban J connectivity index is 3.00. The summed E-state index contributed by atoms with van der Waals surface area (Å²) in [5, 5.41) is 0. The number of sulfonamides is 1. The van der Waals surface area contributed by atoms with Crippen LogP contribution in [-0.4, -0.2) is 8.42 Å². The highest BCUT2D eigenvalue weighted by molar-refractivity contribution is 7.90. The van der Waals surface area contributed by atoms with Gasteiger partial charge in [0.2, 0.25) is 0 Å². The number of rotatable bonds is 4. The molecule has 0 spiro atoms. The van der Waals surface area contributed by atoms with Gasteiger partial charge in [-0.25, -0.2) is 8.42 Å². The van der Waals surface area contributed by atoms with E-state index in [1.165, 1.54) is 12.1 Å². The van der Waals surface area contributed by atoms with E-state index in [9.17, 15) is 8.42 Å². The molecule has 0 aromatic heterocycles. The lowest BCUT2D eigenvalue weighted by Gasteiger charge is -2.05. The Hall–Kier alpha value is -1.52. The molecule has 6 heteroatoms. The van der Waals surface area contributed by atoms with Gasteiger partial charge in [-0.3, -0.25) is 0 Å². The predicted molar refractivity (Wildman–Crippen MR) is 61.3 cm³/mol. The lowest BCUT2D eigenvalue weighted by atomic mass is 10.0. The molecule has 0 radical (unpaired) electrons. The molecular weight excluding hydrogens is 226 g/mol. The fraction of sp³-hybridized carbons (Fsp3) is 0.400. The standard InChI is InChI=1S/C10H13N3O2S/c1-8(2)7-9-3-5-10(6-4-9)16(14,15)13-12-11/h3-6,8H,7H2,1-2H3. The van der Waals surface area contributed by atoms with Gasteiger partial charge in [0, 0.05) is 9.43 Å². The van der Waals surface area contributed by atoms with E-state index in [0.717, 1.165) is 12.0 Å². The third kappa shape index (κ3) is 3.25. The van der Waals surface area contributed by atoms with E-state index >= 15 is 0 Å². The Labute approximate surface area is 94.8 Å². The van der Waals surface area contributed by atoms with Gasteiger partial charge in [0.1, 0.15) is 0 Å². The van der Waals surface area contributed by atoms with Crippen molar-refractivity contribution >= 4 is 10.0 Å². The van der Waals surface area contributed by atoms with Gasteiger partial charge in [-0.05, 0) is 35.6 Å². The number of hydrogen-bond donors (Lipinski definition) is 0. The number of azide groups is 1. The lowest BCUT2D eigenvalue weighted by Crippen LogP contribution is -1.97. The van der Waals surface area contributed by atoms with Gasteiger partial charge in [-0.2, -0.15) is 0 Å². The van der Waals surface area contributed by atoms with Crippen molar-refractivity contribution in [3.05, 3.63) is 40.3 Å². The van der Waals surface area contributed by atoms with Crippen molar-refractivity contribution in [2.75, 3.05) is 0 Å². The summed E-state index contributed by atoms with van der Waals surface area (Å²) in [7, 11) is -3.85. The van der Waals surface area contributed by atoms with Crippen molar-refractivity contribution in [3.8, 4) is 0 Å². The third-order valence-electron chi connectivity index (χ3n) is 2.01. The first kappa shape index (κ1) is 12.5. The van der Waals surface area contributed by atoms with Crippen LogP contribution in [0.4, 0.5) is 0 Å². The van der Waals surface area contributed by atoms with Crippen molar-refractivity contribution in [2.45, 2.75) is 25.2 Å². The Morgan fingerprint density at radius 1 is 1.31 bits per heavy atom. The topological polar surface area (TPSA) is 82.9 Å². The maximum Gasteiger partial charge on any atom is 0.264 e. The second kappa shape index (κ2) is 5.01. The molecule has 0 saturated heterocycles. The summed E-state index contributed by atoms with van der Waals surface area (Å²) in [5.41, 5.74) is 9.18. The van der Waals surface area contributed by atoms with Crippen LogP contribution >= 0.6 is 0 Å². The van der Waals surface area contributed by atoms with E-state index in [-0.39, 0.29) is 4.90 Å². The molecule has 1 aromatic carbocycles. The molecule has 1 rings (SSSR count). The Morgan fingerprint density at radius 3 is 2.31 bits per heavy atom. The van der Waals surface area contributed by atoms with Crippen molar-refractivity contribution in [2.24, 2.45) is 10.4 Å². The predicted octanol–water partition coefficient (Wildman–Crippen LogP) is 2.88. The molecule has 1 aromatic rings. The Kier molecular flexibility index (Phi) is 3.93. The van der Waals surface area contributed by atoms with Crippen LogP contribution in [-0.2, 0) is 16.4 Å². The minimum atomic E-state index is -3.85. The monoisotopic (exact) mass is 239 g/mol. The highest BCUT2D eigenvalue weighted by atomic mass is 32.2. The molecular formula is C10H13N3O2S. The zero-order valence-corrected chi connectivity index (χ0v) is 9.98. The average Bonchev–Trinajstić information content (AvgIpc) is 2.17. The minimum Gasteiger partial charge on any atom is -0.216 e. The van der Waals surface area contributed by atoms with Crippen LogP contribution in [0.5, 0.6) is 0 Å². The van der Waals surface area contributed by atoms with Crippen LogP contribution in [0.3, 0.4) is 0 Å². The molecule has 0 heterocycles. The van der Waals surface area contributed by atoms with E-state index in [4.69, 9.17) is 5.53 Å². The van der Waals surface area contributed by atoms with Crippen LogP contribution < -0.4 is 0 Å². The molecule has 86 valence electrons. The highest BCUT2D eigenvalue weighted by Gasteiger charge is 2.11. The molecule has 0 amide bonds. The van der Waals surface area contributed by atoms with Gasteiger partial charge < -0.3 is 0 Å². The van der Waals surface area contributed by atoms with Crippen LogP contribution in [0.2, 0.25) is 0 Å². The van der Waals surface area contributed by atoms with Crippen LogP contribution in [0.15, 0.2) is 33.7 Å². The van der Waals surface area contributed by atoms with Crippen molar-refractivity contribution in [1.29, 1.82) is 0 Å². The summed E-state index contributed by atoms with van der Waals surface area (Å²) in [4.78, 5) is 2.32. The quantitative estimate of drug-likeness (QED) is 0.459. The summed E-state index contributed by atoms with van der Waals surface area (Å²) in [6.07, 6.45) is 0.891. The van der Waals surface area contributed by atoms with Gasteiger partial charge in [0.15, 0.2) is 0 Å². The second-order valence-electron chi connectivity index (χ2n) is 3.89. The summed E-state index contributed by atoms with van der Waals surface area (Å²) >= 11 is 0. The maximum atomic E-state index is 11.3. The molecule has 0 saturated carbocycles. The van der Waals surface area contributed by atoms with Crippen molar-refractivity contribution < 1.29 is 8.42 Å². The maximum absolute atomic E-state index is 11.3. The Bertz CT molecular complexity index is 499. The smallest absolute Gasteiger partial charge is 0.216 e. The van der Waals surface area contributed by atoms with E-state index < -0.39 is 10.0 Å².